The molecule has 9 nitrogen and oxygen atoms in total. The van der Waals surface area contributed by atoms with Gasteiger partial charge in [-0.05, 0) is 57.9 Å². The van der Waals surface area contributed by atoms with E-state index in [9.17, 15) is 14.4 Å². The second kappa shape index (κ2) is 9.99. The lowest BCUT2D eigenvalue weighted by atomic mass is 9.98. The van der Waals surface area contributed by atoms with Gasteiger partial charge >= 0.3 is 6.09 Å². The number of likely N-dealkylation sites (tertiary alicyclic amines) is 1. The van der Waals surface area contributed by atoms with E-state index in [0.29, 0.717) is 19.4 Å². The van der Waals surface area contributed by atoms with E-state index >= 15 is 0 Å². The van der Waals surface area contributed by atoms with Crippen molar-refractivity contribution in [1.29, 1.82) is 0 Å². The van der Waals surface area contributed by atoms with Gasteiger partial charge in [-0.1, -0.05) is 0 Å². The first kappa shape index (κ1) is 22.3. The Balaban J connectivity index is 1.74. The Kier molecular flexibility index (Phi) is 7.69. The molecule has 1 heterocycles. The number of carbonyl (C=O) groups excluding carboxylic acids is 3. The van der Waals surface area contributed by atoms with Crippen LogP contribution in [0.5, 0.6) is 5.75 Å². The van der Waals surface area contributed by atoms with Gasteiger partial charge in [0.05, 0.1) is 19.6 Å². The maximum Gasteiger partial charge on any atom is 0.410 e. The SMILES string of the molecule is COc1ccc(NCC(=O)NNC(=O)C2CCCN(C(=O)OC(C)(C)C)C2)cc1. The minimum Gasteiger partial charge on any atom is -0.497 e. The van der Waals surface area contributed by atoms with E-state index in [1.807, 2.05) is 0 Å². The molecule has 1 atom stereocenters. The molecular formula is C20H30N4O5. The van der Waals surface area contributed by atoms with Gasteiger partial charge in [0.2, 0.25) is 5.91 Å². The first-order chi connectivity index (χ1) is 13.7. The van der Waals surface area contributed by atoms with Gasteiger partial charge in [0, 0.05) is 18.8 Å². The fourth-order valence-corrected chi connectivity index (χ4v) is 2.85. The molecule has 1 unspecified atom stereocenters. The van der Waals surface area contributed by atoms with Crippen LogP contribution >= 0.6 is 0 Å². The molecule has 1 aliphatic heterocycles. The van der Waals surface area contributed by atoms with Crippen molar-refractivity contribution in [2.45, 2.75) is 39.2 Å². The number of benzene rings is 1. The van der Waals surface area contributed by atoms with Gasteiger partial charge in [-0.2, -0.15) is 0 Å². The molecule has 0 spiro atoms. The summed E-state index contributed by atoms with van der Waals surface area (Å²) in [5.74, 6) is -0.378. The normalized spacial score (nSPS) is 16.6. The summed E-state index contributed by atoms with van der Waals surface area (Å²) in [4.78, 5) is 38.0. The zero-order valence-corrected chi connectivity index (χ0v) is 17.4. The van der Waals surface area contributed by atoms with Crippen LogP contribution in [0.1, 0.15) is 33.6 Å². The second-order valence-electron chi connectivity index (χ2n) is 7.88. The highest BCUT2D eigenvalue weighted by Gasteiger charge is 2.31. The predicted molar refractivity (Wildman–Crippen MR) is 108 cm³/mol. The van der Waals surface area contributed by atoms with Gasteiger partial charge in [0.1, 0.15) is 11.4 Å². The number of nitrogens with zero attached hydrogens (tertiary/aromatic N) is 1. The van der Waals surface area contributed by atoms with E-state index in [-0.39, 0.29) is 24.9 Å². The number of anilines is 1. The molecule has 1 aliphatic rings. The number of carbonyl (C=O) groups is 3. The van der Waals surface area contributed by atoms with E-state index in [2.05, 4.69) is 16.2 Å². The van der Waals surface area contributed by atoms with Gasteiger partial charge in [-0.15, -0.1) is 0 Å². The van der Waals surface area contributed by atoms with E-state index < -0.39 is 17.6 Å². The van der Waals surface area contributed by atoms with Crippen molar-refractivity contribution < 1.29 is 23.9 Å². The molecule has 1 aromatic rings. The second-order valence-corrected chi connectivity index (χ2v) is 7.88. The number of nitrogens with one attached hydrogen (secondary N) is 3. The lowest BCUT2D eigenvalue weighted by molar-refractivity contribution is -0.131. The highest BCUT2D eigenvalue weighted by molar-refractivity contribution is 5.85. The maximum absolute atomic E-state index is 12.4. The Labute approximate surface area is 171 Å². The Morgan fingerprint density at radius 3 is 2.45 bits per heavy atom. The molecule has 1 aromatic carbocycles. The van der Waals surface area contributed by atoms with Crippen LogP contribution in [0.25, 0.3) is 0 Å². The van der Waals surface area contributed by atoms with E-state index in [1.54, 1.807) is 52.1 Å². The Morgan fingerprint density at radius 2 is 1.83 bits per heavy atom. The average molecular weight is 406 g/mol. The molecule has 2 rings (SSSR count). The first-order valence-corrected chi connectivity index (χ1v) is 9.62. The largest absolute Gasteiger partial charge is 0.497 e. The zero-order valence-electron chi connectivity index (χ0n) is 17.4. The fraction of sp³-hybridized carbons (Fsp3) is 0.550. The number of ether oxygens (including phenoxy) is 2. The summed E-state index contributed by atoms with van der Waals surface area (Å²) in [7, 11) is 1.58. The molecule has 160 valence electrons. The summed E-state index contributed by atoms with van der Waals surface area (Å²) in [5, 5.41) is 2.95. The van der Waals surface area contributed by atoms with Crippen molar-refractivity contribution in [3.05, 3.63) is 24.3 Å². The highest BCUT2D eigenvalue weighted by atomic mass is 16.6. The molecule has 9 heteroatoms. The number of hydrazine groups is 1. The van der Waals surface area contributed by atoms with Crippen molar-refractivity contribution in [3.8, 4) is 5.75 Å². The average Bonchev–Trinajstić information content (AvgIpc) is 2.69. The minimum absolute atomic E-state index is 0.00130. The molecule has 0 radical (unpaired) electrons. The first-order valence-electron chi connectivity index (χ1n) is 9.62. The molecule has 1 fully saturated rings. The number of piperidine rings is 1. The predicted octanol–water partition coefficient (Wildman–Crippen LogP) is 1.90. The molecule has 3 N–H and O–H groups in total. The third-order valence-corrected chi connectivity index (χ3v) is 4.31. The van der Waals surface area contributed by atoms with Crippen LogP contribution in [0.2, 0.25) is 0 Å². The van der Waals surface area contributed by atoms with Crippen LogP contribution in [-0.2, 0) is 14.3 Å². The Bertz CT molecular complexity index is 715. The summed E-state index contributed by atoms with van der Waals surface area (Å²) in [5.41, 5.74) is 5.00. The fourth-order valence-electron chi connectivity index (χ4n) is 2.85. The number of hydrogen-bond donors (Lipinski definition) is 3. The lowest BCUT2D eigenvalue weighted by Gasteiger charge is -2.33. The molecule has 3 amide bonds. The summed E-state index contributed by atoms with van der Waals surface area (Å²) in [6.45, 7) is 6.22. The van der Waals surface area contributed by atoms with E-state index in [0.717, 1.165) is 11.4 Å². The number of methoxy groups -OCH3 is 1. The van der Waals surface area contributed by atoms with Gasteiger partial charge in [-0.3, -0.25) is 20.4 Å². The van der Waals surface area contributed by atoms with Crippen LogP contribution in [0.15, 0.2) is 24.3 Å². The van der Waals surface area contributed by atoms with Crippen LogP contribution in [0, 0.1) is 5.92 Å². The summed E-state index contributed by atoms with van der Waals surface area (Å²) < 4.78 is 10.4. The van der Waals surface area contributed by atoms with Crippen molar-refractivity contribution in [2.75, 3.05) is 32.1 Å². The smallest absolute Gasteiger partial charge is 0.410 e. The third kappa shape index (κ3) is 7.52. The quantitative estimate of drug-likeness (QED) is 0.645. The molecular weight excluding hydrogens is 376 g/mol. The Hall–Kier alpha value is -2.97. The van der Waals surface area contributed by atoms with Crippen molar-refractivity contribution in [1.82, 2.24) is 15.8 Å². The van der Waals surface area contributed by atoms with Crippen molar-refractivity contribution in [3.63, 3.8) is 0 Å². The monoisotopic (exact) mass is 406 g/mol. The van der Waals surface area contributed by atoms with Crippen molar-refractivity contribution >= 4 is 23.6 Å². The van der Waals surface area contributed by atoms with Crippen molar-refractivity contribution in [2.24, 2.45) is 5.92 Å². The topological polar surface area (TPSA) is 109 Å². The van der Waals surface area contributed by atoms with Gasteiger partial charge in [0.15, 0.2) is 0 Å². The summed E-state index contributed by atoms with van der Waals surface area (Å²) >= 11 is 0. The number of amides is 3. The molecule has 29 heavy (non-hydrogen) atoms. The molecule has 0 aromatic heterocycles. The lowest BCUT2D eigenvalue weighted by Crippen LogP contribution is -2.51. The molecule has 0 saturated carbocycles. The number of hydrogen-bond acceptors (Lipinski definition) is 6. The molecule has 0 aliphatic carbocycles. The molecule has 1 saturated heterocycles. The maximum atomic E-state index is 12.4. The standard InChI is InChI=1S/C20H30N4O5/c1-20(2,3)29-19(27)24-11-5-6-14(13-24)18(26)23-22-17(25)12-21-15-7-9-16(28-4)10-8-15/h7-10,14,21H,5-6,11-13H2,1-4H3,(H,22,25)(H,23,26). The molecule has 0 bridgehead atoms. The summed E-state index contributed by atoms with van der Waals surface area (Å²) in [6.07, 6.45) is 0.915. The third-order valence-electron chi connectivity index (χ3n) is 4.31. The van der Waals surface area contributed by atoms with Crippen LogP contribution in [0.4, 0.5) is 10.5 Å². The minimum atomic E-state index is -0.586. The Morgan fingerprint density at radius 1 is 1.14 bits per heavy atom. The summed E-state index contributed by atoms with van der Waals surface area (Å²) in [6, 6.07) is 7.14. The van der Waals surface area contributed by atoms with Gasteiger partial charge in [-0.25, -0.2) is 4.79 Å². The number of rotatable bonds is 5. The van der Waals surface area contributed by atoms with Crippen LogP contribution in [-0.4, -0.2) is 55.2 Å². The van der Waals surface area contributed by atoms with E-state index in [1.165, 1.54) is 4.90 Å². The zero-order chi connectivity index (χ0) is 21.4. The van der Waals surface area contributed by atoms with Gasteiger partial charge < -0.3 is 19.7 Å². The van der Waals surface area contributed by atoms with Crippen LogP contribution in [0.3, 0.4) is 0 Å². The van der Waals surface area contributed by atoms with Gasteiger partial charge in [0.25, 0.3) is 5.91 Å². The van der Waals surface area contributed by atoms with E-state index in [4.69, 9.17) is 9.47 Å². The highest BCUT2D eigenvalue weighted by Crippen LogP contribution is 2.19. The van der Waals surface area contributed by atoms with Crippen LogP contribution < -0.4 is 20.9 Å².